The van der Waals surface area contributed by atoms with E-state index in [1.165, 1.54) is 28.3 Å². The van der Waals surface area contributed by atoms with Crippen molar-refractivity contribution in [3.8, 4) is 11.4 Å². The number of urea groups is 1. The molecular formula is C17H20N6O2. The Morgan fingerprint density at radius 2 is 2.04 bits per heavy atom. The summed E-state index contributed by atoms with van der Waals surface area (Å²) in [5, 5.41) is 8.27. The minimum atomic E-state index is -0.402. The molecule has 3 amide bonds. The van der Waals surface area contributed by atoms with E-state index in [2.05, 4.69) is 26.9 Å². The van der Waals surface area contributed by atoms with Crippen LogP contribution >= 0.6 is 0 Å². The van der Waals surface area contributed by atoms with Crippen molar-refractivity contribution >= 4 is 18.1 Å². The normalized spacial score (nSPS) is 14.6. The second-order valence-corrected chi connectivity index (χ2v) is 5.95. The molecule has 0 spiro atoms. The monoisotopic (exact) mass is 340 g/mol. The van der Waals surface area contributed by atoms with Gasteiger partial charge in [-0.05, 0) is 32.4 Å². The highest BCUT2D eigenvalue weighted by molar-refractivity contribution is 5.91. The fraction of sp³-hybridized carbons (Fsp3) is 0.294. The lowest BCUT2D eigenvalue weighted by molar-refractivity contribution is -0.120. The summed E-state index contributed by atoms with van der Waals surface area (Å²) in [5.41, 5.74) is 5.74. The Hall–Kier alpha value is -3.16. The summed E-state index contributed by atoms with van der Waals surface area (Å²) in [6, 6.07) is 5.81. The highest BCUT2D eigenvalue weighted by atomic mass is 16.2. The van der Waals surface area contributed by atoms with Crippen LogP contribution in [0.3, 0.4) is 0 Å². The maximum absolute atomic E-state index is 11.9. The van der Waals surface area contributed by atoms with Crippen LogP contribution in [0.4, 0.5) is 4.79 Å². The topological polar surface area (TPSA) is 92.2 Å². The summed E-state index contributed by atoms with van der Waals surface area (Å²) in [4.78, 5) is 27.8. The number of nitrogens with one attached hydrogen (secondary N) is 2. The quantitative estimate of drug-likeness (QED) is 0.825. The molecule has 0 unspecified atom stereocenters. The molecule has 0 radical (unpaired) electrons. The second-order valence-electron chi connectivity index (χ2n) is 5.95. The Morgan fingerprint density at radius 1 is 1.28 bits per heavy atom. The van der Waals surface area contributed by atoms with Gasteiger partial charge in [0, 0.05) is 30.9 Å². The van der Waals surface area contributed by atoms with Crippen LogP contribution in [0, 0.1) is 13.8 Å². The molecule has 1 fully saturated rings. The number of carbonyl (C=O) groups is 2. The summed E-state index contributed by atoms with van der Waals surface area (Å²) < 4.78 is 1.46. The third-order valence-electron chi connectivity index (χ3n) is 3.69. The van der Waals surface area contributed by atoms with Crippen LogP contribution < -0.4 is 10.7 Å². The van der Waals surface area contributed by atoms with Gasteiger partial charge in [-0.2, -0.15) is 0 Å². The average molecular weight is 340 g/mol. The zero-order valence-corrected chi connectivity index (χ0v) is 14.2. The van der Waals surface area contributed by atoms with Gasteiger partial charge in [-0.25, -0.2) is 19.5 Å². The number of nitrogens with zero attached hydrogens (tertiary/aromatic N) is 4. The van der Waals surface area contributed by atoms with Crippen molar-refractivity contribution in [1.29, 1.82) is 0 Å². The smallest absolute Gasteiger partial charge is 0.336 e. The van der Waals surface area contributed by atoms with E-state index in [-0.39, 0.29) is 6.03 Å². The molecule has 25 heavy (non-hydrogen) atoms. The molecule has 0 saturated carbocycles. The van der Waals surface area contributed by atoms with Gasteiger partial charge < -0.3 is 5.32 Å². The highest BCUT2D eigenvalue weighted by Crippen LogP contribution is 2.18. The fourth-order valence-electron chi connectivity index (χ4n) is 2.63. The van der Waals surface area contributed by atoms with Crippen LogP contribution in [0.15, 0.2) is 30.6 Å². The van der Waals surface area contributed by atoms with Crippen molar-refractivity contribution in [3.63, 3.8) is 0 Å². The molecule has 3 rings (SSSR count). The van der Waals surface area contributed by atoms with E-state index in [0.29, 0.717) is 18.9 Å². The molecule has 2 aromatic rings. The van der Waals surface area contributed by atoms with Crippen LogP contribution in [0.1, 0.15) is 17.5 Å². The lowest BCUT2D eigenvalue weighted by Gasteiger charge is -2.26. The van der Waals surface area contributed by atoms with Gasteiger partial charge in [0.25, 0.3) is 5.91 Å². The number of rotatable bonds is 4. The zero-order chi connectivity index (χ0) is 17.8. The number of benzene rings is 1. The average Bonchev–Trinajstić information content (AvgIpc) is 3.03. The second kappa shape index (κ2) is 7.16. The Bertz CT molecular complexity index is 806. The molecule has 130 valence electrons. The molecule has 8 nitrogen and oxygen atoms in total. The van der Waals surface area contributed by atoms with E-state index in [0.717, 1.165) is 23.1 Å². The first-order valence-electron chi connectivity index (χ1n) is 8.05. The molecule has 1 aliphatic rings. The summed E-state index contributed by atoms with van der Waals surface area (Å²) in [5.74, 6) is 0.188. The number of hydrogen-bond acceptors (Lipinski definition) is 4. The van der Waals surface area contributed by atoms with Crippen molar-refractivity contribution in [2.45, 2.75) is 20.3 Å². The van der Waals surface area contributed by atoms with Crippen LogP contribution in [0.2, 0.25) is 0 Å². The van der Waals surface area contributed by atoms with Gasteiger partial charge in [0.15, 0.2) is 5.82 Å². The molecule has 1 aliphatic heterocycles. The molecule has 2 N–H and O–H groups in total. The minimum absolute atomic E-state index is 0.300. The van der Waals surface area contributed by atoms with Crippen LogP contribution in [-0.2, 0) is 4.79 Å². The maximum Gasteiger partial charge on any atom is 0.336 e. The Kier molecular flexibility index (Phi) is 4.78. The summed E-state index contributed by atoms with van der Waals surface area (Å²) >= 11 is 0. The summed E-state index contributed by atoms with van der Waals surface area (Å²) in [7, 11) is 0. The van der Waals surface area contributed by atoms with Gasteiger partial charge in [0.05, 0.1) is 0 Å². The molecule has 0 atom stereocenters. The number of aromatic nitrogens is 3. The Morgan fingerprint density at radius 3 is 2.76 bits per heavy atom. The fourth-order valence-corrected chi connectivity index (χ4v) is 2.63. The molecule has 0 aliphatic carbocycles. The number of hydrogen-bond donors (Lipinski definition) is 2. The van der Waals surface area contributed by atoms with Crippen LogP contribution in [0.5, 0.6) is 0 Å². The molecule has 8 heteroatoms. The van der Waals surface area contributed by atoms with E-state index < -0.39 is 5.91 Å². The molecule has 2 heterocycles. The largest absolute Gasteiger partial charge is 0.336 e. The first kappa shape index (κ1) is 16.7. The number of carbonyl (C=O) groups excluding carboxylic acids is 2. The third kappa shape index (κ3) is 4.23. The molecular weight excluding hydrogens is 320 g/mol. The standard InChI is InChI=1S/C17H20N6O2/c1-12-8-13(2)10-14(9-12)16-19-11-22(21-16)7-4-15(24)20-23-6-3-5-18-17(23)25/h4,7-11H,3,5-6H2,1-2H3,(H,18,25)(H,20,24)/b7-4-. The summed E-state index contributed by atoms with van der Waals surface area (Å²) in [6.07, 6.45) is 5.13. The van der Waals surface area contributed by atoms with E-state index in [9.17, 15) is 9.59 Å². The first-order chi connectivity index (χ1) is 12.0. The van der Waals surface area contributed by atoms with Crippen molar-refractivity contribution in [2.75, 3.05) is 13.1 Å². The Labute approximate surface area is 145 Å². The number of aryl methyl sites for hydroxylation is 2. The Balaban J connectivity index is 1.65. The lowest BCUT2D eigenvalue weighted by atomic mass is 10.1. The van der Waals surface area contributed by atoms with E-state index in [4.69, 9.17) is 0 Å². The van der Waals surface area contributed by atoms with Crippen LogP contribution in [-0.4, -0.2) is 44.8 Å². The minimum Gasteiger partial charge on any atom is -0.336 e. The van der Waals surface area contributed by atoms with E-state index in [1.54, 1.807) is 0 Å². The van der Waals surface area contributed by atoms with E-state index in [1.807, 2.05) is 26.0 Å². The van der Waals surface area contributed by atoms with Gasteiger partial charge in [-0.3, -0.25) is 10.2 Å². The predicted molar refractivity (Wildman–Crippen MR) is 93.1 cm³/mol. The van der Waals surface area contributed by atoms with Gasteiger partial charge in [0.2, 0.25) is 0 Å². The van der Waals surface area contributed by atoms with Gasteiger partial charge in [-0.15, -0.1) is 5.10 Å². The molecule has 1 saturated heterocycles. The summed E-state index contributed by atoms with van der Waals surface area (Å²) in [6.45, 7) is 5.16. The van der Waals surface area contributed by atoms with Gasteiger partial charge >= 0.3 is 6.03 Å². The molecule has 0 bridgehead atoms. The van der Waals surface area contributed by atoms with Crippen molar-refractivity contribution < 1.29 is 9.59 Å². The van der Waals surface area contributed by atoms with Gasteiger partial charge in [-0.1, -0.05) is 17.2 Å². The van der Waals surface area contributed by atoms with Crippen molar-refractivity contribution in [1.82, 2.24) is 30.5 Å². The van der Waals surface area contributed by atoms with Crippen molar-refractivity contribution in [2.24, 2.45) is 0 Å². The molecule has 1 aromatic carbocycles. The van der Waals surface area contributed by atoms with Crippen LogP contribution in [0.25, 0.3) is 17.6 Å². The van der Waals surface area contributed by atoms with Crippen molar-refractivity contribution in [3.05, 3.63) is 41.7 Å². The first-order valence-corrected chi connectivity index (χ1v) is 8.05. The zero-order valence-electron chi connectivity index (χ0n) is 14.2. The van der Waals surface area contributed by atoms with E-state index >= 15 is 0 Å². The SMILES string of the molecule is Cc1cc(C)cc(-c2ncn(/C=C\C(=O)NN3CCCNC3=O)n2)c1. The number of hydrazine groups is 1. The van der Waals surface area contributed by atoms with Gasteiger partial charge in [0.1, 0.15) is 6.33 Å². The third-order valence-corrected chi connectivity index (χ3v) is 3.69. The lowest BCUT2D eigenvalue weighted by Crippen LogP contribution is -2.54. The predicted octanol–water partition coefficient (Wildman–Crippen LogP) is 1.48. The highest BCUT2D eigenvalue weighted by Gasteiger charge is 2.18. The molecule has 1 aromatic heterocycles. The maximum atomic E-state index is 11.9. The number of amides is 3.